The average molecular weight is 430 g/mol. The van der Waals surface area contributed by atoms with Gasteiger partial charge in [0.05, 0.1) is 13.4 Å². The number of fused-ring (bicyclic) bond motifs is 3. The van der Waals surface area contributed by atoms with Crippen LogP contribution in [0.15, 0.2) is 30.0 Å². The fourth-order valence-electron chi connectivity index (χ4n) is 5.25. The lowest BCUT2D eigenvalue weighted by Crippen LogP contribution is -2.59. The molecule has 1 atom stereocenters. The molecule has 5 nitrogen and oxygen atoms in total. The van der Waals surface area contributed by atoms with Crippen molar-refractivity contribution < 1.29 is 27.5 Å². The lowest BCUT2D eigenvalue weighted by molar-refractivity contribution is -0.158. The Balaban J connectivity index is 1.60. The van der Waals surface area contributed by atoms with E-state index in [1.807, 2.05) is 12.1 Å². The maximum absolute atomic E-state index is 13.5. The molecule has 1 N–H and O–H groups in total. The van der Waals surface area contributed by atoms with Gasteiger partial charge in [-0.05, 0) is 60.9 Å². The van der Waals surface area contributed by atoms with E-state index in [0.29, 0.717) is 41.2 Å². The average Bonchev–Trinajstić information content (AvgIpc) is 3.42. The van der Waals surface area contributed by atoms with Gasteiger partial charge in [-0.15, -0.1) is 0 Å². The van der Waals surface area contributed by atoms with Gasteiger partial charge < -0.3 is 10.1 Å². The molecule has 1 aliphatic heterocycles. The third-order valence-corrected chi connectivity index (χ3v) is 6.69. The van der Waals surface area contributed by atoms with E-state index in [4.69, 9.17) is 4.74 Å². The van der Waals surface area contributed by atoms with Gasteiger partial charge in [0.25, 0.3) is 5.91 Å². The third kappa shape index (κ3) is 3.01. The standard InChI is InChI=1S/C23H21F3N2O3/c1-31-12-16-9-21(10-16)11-17-7-6-15(5-4-14-2-3-14)8-18(17)23(21)19(29)28(20(30)27-23)13-22(24,25)26/h6-8,12,14H,2-3,9-11,13H2,1H3,(H,27,30). The molecule has 3 fully saturated rings. The Morgan fingerprint density at radius 3 is 2.65 bits per heavy atom. The van der Waals surface area contributed by atoms with Crippen molar-refractivity contribution in [1.82, 2.24) is 10.2 Å². The van der Waals surface area contributed by atoms with Crippen molar-refractivity contribution >= 4 is 11.9 Å². The molecule has 1 aromatic rings. The topological polar surface area (TPSA) is 58.6 Å². The largest absolute Gasteiger partial charge is 0.504 e. The van der Waals surface area contributed by atoms with Crippen LogP contribution in [-0.2, 0) is 21.5 Å². The predicted molar refractivity (Wildman–Crippen MR) is 104 cm³/mol. The van der Waals surface area contributed by atoms with Gasteiger partial charge in [0.2, 0.25) is 0 Å². The summed E-state index contributed by atoms with van der Waals surface area (Å²) in [6.07, 6.45) is 0.482. The highest BCUT2D eigenvalue weighted by atomic mass is 19.4. The van der Waals surface area contributed by atoms with Crippen LogP contribution in [0, 0.1) is 23.2 Å². The summed E-state index contributed by atoms with van der Waals surface area (Å²) in [6.45, 7) is -1.60. The van der Waals surface area contributed by atoms with E-state index in [1.54, 1.807) is 12.3 Å². The van der Waals surface area contributed by atoms with Crippen LogP contribution in [0.4, 0.5) is 18.0 Å². The molecule has 0 bridgehead atoms. The number of alkyl halides is 3. The molecule has 162 valence electrons. The molecule has 5 rings (SSSR count). The maximum atomic E-state index is 13.5. The molecule has 8 heteroatoms. The predicted octanol–water partition coefficient (Wildman–Crippen LogP) is 3.62. The number of nitrogens with zero attached hydrogens (tertiary/aromatic N) is 1. The smallest absolute Gasteiger partial charge is 0.406 e. The number of hydrogen-bond acceptors (Lipinski definition) is 3. The number of nitrogens with one attached hydrogen (secondary N) is 1. The number of hydrogen-bond donors (Lipinski definition) is 1. The minimum Gasteiger partial charge on any atom is -0.504 e. The molecule has 3 amide bonds. The van der Waals surface area contributed by atoms with Crippen LogP contribution in [-0.4, -0.2) is 36.7 Å². The second kappa shape index (κ2) is 6.52. The first-order valence-electron chi connectivity index (χ1n) is 10.2. The third-order valence-electron chi connectivity index (χ3n) is 6.69. The Morgan fingerprint density at radius 1 is 1.26 bits per heavy atom. The second-order valence-electron chi connectivity index (χ2n) is 8.92. The minimum absolute atomic E-state index is 0.303. The monoisotopic (exact) mass is 430 g/mol. The molecule has 0 radical (unpaired) electrons. The first kappa shape index (κ1) is 20.0. The van der Waals surface area contributed by atoms with E-state index in [0.717, 1.165) is 24.0 Å². The molecule has 2 saturated carbocycles. The fraction of sp³-hybridized carbons (Fsp3) is 0.478. The molecule has 31 heavy (non-hydrogen) atoms. The molecule has 1 heterocycles. The van der Waals surface area contributed by atoms with Crippen molar-refractivity contribution in [1.29, 1.82) is 0 Å². The van der Waals surface area contributed by atoms with Crippen molar-refractivity contribution in [3.05, 3.63) is 46.7 Å². The molecule has 1 saturated heterocycles. The number of ether oxygens (including phenoxy) is 1. The Kier molecular flexibility index (Phi) is 4.20. The van der Waals surface area contributed by atoms with E-state index in [1.165, 1.54) is 7.11 Å². The van der Waals surface area contributed by atoms with Crippen LogP contribution in [0.25, 0.3) is 0 Å². The summed E-state index contributed by atoms with van der Waals surface area (Å²) >= 11 is 0. The van der Waals surface area contributed by atoms with Crippen molar-refractivity contribution in [3.8, 4) is 11.8 Å². The van der Waals surface area contributed by atoms with Crippen LogP contribution >= 0.6 is 0 Å². The Hall–Kier alpha value is -2.95. The second-order valence-corrected chi connectivity index (χ2v) is 8.92. The summed E-state index contributed by atoms with van der Waals surface area (Å²) < 4.78 is 44.4. The first-order valence-corrected chi connectivity index (χ1v) is 10.2. The van der Waals surface area contributed by atoms with E-state index >= 15 is 0 Å². The minimum atomic E-state index is -4.68. The Morgan fingerprint density at radius 2 is 2.00 bits per heavy atom. The van der Waals surface area contributed by atoms with Crippen molar-refractivity contribution in [3.63, 3.8) is 0 Å². The van der Waals surface area contributed by atoms with Crippen molar-refractivity contribution in [2.24, 2.45) is 11.3 Å². The van der Waals surface area contributed by atoms with Crippen molar-refractivity contribution in [2.45, 2.75) is 43.8 Å². The highest BCUT2D eigenvalue weighted by Crippen LogP contribution is 2.64. The molecular formula is C23H21F3N2O3. The molecule has 1 unspecified atom stereocenters. The zero-order valence-corrected chi connectivity index (χ0v) is 16.9. The molecule has 4 aliphatic rings. The van der Waals surface area contributed by atoms with Gasteiger partial charge in [0.1, 0.15) is 6.54 Å². The van der Waals surface area contributed by atoms with Crippen LogP contribution in [0.3, 0.4) is 0 Å². The number of carbonyl (C=O) groups is 2. The summed E-state index contributed by atoms with van der Waals surface area (Å²) in [5.74, 6) is 5.83. The SMILES string of the molecule is COC=C1CC2(C1)Cc1ccc(C#CC3CC3)cc1C21NC(=O)N(CC(F)(F)F)C1=O. The number of amides is 3. The van der Waals surface area contributed by atoms with Gasteiger partial charge in [-0.3, -0.25) is 9.69 Å². The zero-order chi connectivity index (χ0) is 22.0. The molecule has 3 aliphatic carbocycles. The first-order chi connectivity index (χ1) is 14.7. The molecular weight excluding hydrogens is 409 g/mol. The number of allylic oxidation sites excluding steroid dienone is 1. The summed E-state index contributed by atoms with van der Waals surface area (Å²) in [6, 6.07) is 4.52. The lowest BCUT2D eigenvalue weighted by Gasteiger charge is -2.50. The van der Waals surface area contributed by atoms with Gasteiger partial charge in [0, 0.05) is 16.9 Å². The highest BCUT2D eigenvalue weighted by Gasteiger charge is 2.71. The number of imide groups is 1. The van der Waals surface area contributed by atoms with Gasteiger partial charge >= 0.3 is 12.2 Å². The molecule has 1 aromatic carbocycles. The molecule has 0 aromatic heterocycles. The Labute approximate surface area is 177 Å². The van der Waals surface area contributed by atoms with Gasteiger partial charge in [-0.25, -0.2) is 4.79 Å². The quantitative estimate of drug-likeness (QED) is 0.443. The number of benzene rings is 1. The number of methoxy groups -OCH3 is 1. The van der Waals surface area contributed by atoms with Crippen molar-refractivity contribution in [2.75, 3.05) is 13.7 Å². The van der Waals surface area contributed by atoms with E-state index in [2.05, 4.69) is 17.2 Å². The summed E-state index contributed by atoms with van der Waals surface area (Å²) in [4.78, 5) is 26.4. The Bertz CT molecular complexity index is 1070. The zero-order valence-electron chi connectivity index (χ0n) is 16.9. The number of carbonyl (C=O) groups excluding carboxylic acids is 2. The van der Waals surface area contributed by atoms with E-state index in [-0.39, 0.29) is 0 Å². The van der Waals surface area contributed by atoms with Crippen LogP contribution in [0.1, 0.15) is 42.4 Å². The summed E-state index contributed by atoms with van der Waals surface area (Å²) in [5.41, 5.74) is 0.846. The number of rotatable bonds is 2. The summed E-state index contributed by atoms with van der Waals surface area (Å²) in [5, 5.41) is 2.69. The number of halogens is 3. The fourth-order valence-corrected chi connectivity index (χ4v) is 5.25. The van der Waals surface area contributed by atoms with E-state index in [9.17, 15) is 22.8 Å². The van der Waals surface area contributed by atoms with Crippen LogP contribution < -0.4 is 5.32 Å². The van der Waals surface area contributed by atoms with Crippen LogP contribution in [0.5, 0.6) is 0 Å². The van der Waals surface area contributed by atoms with Gasteiger partial charge in [0.15, 0.2) is 5.54 Å². The van der Waals surface area contributed by atoms with E-state index < -0.39 is 35.6 Å². The molecule has 2 spiro atoms. The summed E-state index contributed by atoms with van der Waals surface area (Å²) in [7, 11) is 1.52. The van der Waals surface area contributed by atoms with Gasteiger partial charge in [-0.2, -0.15) is 13.2 Å². The highest BCUT2D eigenvalue weighted by molar-refractivity contribution is 6.09. The lowest BCUT2D eigenvalue weighted by atomic mass is 9.55. The maximum Gasteiger partial charge on any atom is 0.406 e. The van der Waals surface area contributed by atoms with Crippen LogP contribution in [0.2, 0.25) is 0 Å². The normalized spacial score (nSPS) is 28.9. The number of urea groups is 1. The van der Waals surface area contributed by atoms with Gasteiger partial charge in [-0.1, -0.05) is 17.9 Å².